The van der Waals surface area contributed by atoms with Crippen LogP contribution < -0.4 is 5.73 Å². The Bertz CT molecular complexity index is 379. The summed E-state index contributed by atoms with van der Waals surface area (Å²) < 4.78 is 5.75. The topological polar surface area (TPSA) is 61.0 Å². The normalized spacial score (nSPS) is 17.1. The number of hydrogen-bond donors (Lipinski definition) is 1. The van der Waals surface area contributed by atoms with Crippen LogP contribution in [-0.4, -0.2) is 16.6 Å². The van der Waals surface area contributed by atoms with Crippen LogP contribution in [0.5, 0.6) is 0 Å². The van der Waals surface area contributed by atoms with Crippen molar-refractivity contribution in [1.29, 1.82) is 0 Å². The fraction of sp³-hybridized carbons (Fsp3) is 0.692. The molecule has 4 nitrogen and oxygen atoms in total. The van der Waals surface area contributed by atoms with Crippen LogP contribution in [-0.2, 0) is 11.2 Å². The van der Waals surface area contributed by atoms with Crippen LogP contribution in [0.15, 0.2) is 0 Å². The molecule has 1 atom stereocenters. The van der Waals surface area contributed by atoms with Crippen molar-refractivity contribution in [2.24, 2.45) is 5.92 Å². The Morgan fingerprint density at radius 3 is 2.53 bits per heavy atom. The zero-order valence-electron chi connectivity index (χ0n) is 10.9. The molecule has 1 fully saturated rings. The fourth-order valence-corrected chi connectivity index (χ4v) is 2.20. The number of anilines is 1. The van der Waals surface area contributed by atoms with Gasteiger partial charge in [-0.2, -0.15) is 0 Å². The Kier molecular flexibility index (Phi) is 3.62. The van der Waals surface area contributed by atoms with E-state index in [1.807, 2.05) is 13.8 Å². The first-order valence-electron chi connectivity index (χ1n) is 6.41. The maximum Gasteiger partial charge on any atom is 0.160 e. The maximum absolute atomic E-state index is 5.98. The van der Waals surface area contributed by atoms with E-state index in [2.05, 4.69) is 16.9 Å². The first-order valence-corrected chi connectivity index (χ1v) is 6.41. The van der Waals surface area contributed by atoms with Gasteiger partial charge in [0.25, 0.3) is 0 Å². The van der Waals surface area contributed by atoms with Gasteiger partial charge in [0, 0.05) is 17.9 Å². The van der Waals surface area contributed by atoms with Crippen molar-refractivity contribution < 1.29 is 4.74 Å². The molecule has 1 aliphatic rings. The number of aromatic nitrogens is 2. The summed E-state index contributed by atoms with van der Waals surface area (Å²) >= 11 is 0. The lowest BCUT2D eigenvalue weighted by Crippen LogP contribution is -2.14. The minimum Gasteiger partial charge on any atom is -0.383 e. The van der Waals surface area contributed by atoms with E-state index in [0.717, 1.165) is 23.5 Å². The van der Waals surface area contributed by atoms with Crippen molar-refractivity contribution in [1.82, 2.24) is 9.97 Å². The standard InChI is InChI=1S/C13H21N3O/c1-4-10-8(3)15-13(16-12(10)14)11(17-5-2)9-6-7-9/h9,11H,4-7H2,1-3H3,(H2,14,15,16). The van der Waals surface area contributed by atoms with Crippen LogP contribution in [0.25, 0.3) is 0 Å². The van der Waals surface area contributed by atoms with Gasteiger partial charge in [0.15, 0.2) is 5.82 Å². The predicted octanol–water partition coefficient (Wildman–Crippen LogP) is 2.42. The summed E-state index contributed by atoms with van der Waals surface area (Å²) in [6, 6.07) is 0. The van der Waals surface area contributed by atoms with Crippen molar-refractivity contribution >= 4 is 5.82 Å². The molecule has 17 heavy (non-hydrogen) atoms. The lowest BCUT2D eigenvalue weighted by Gasteiger charge is -2.17. The molecular formula is C13H21N3O. The predicted molar refractivity (Wildman–Crippen MR) is 67.7 cm³/mol. The van der Waals surface area contributed by atoms with E-state index in [1.54, 1.807) is 0 Å². The third-order valence-electron chi connectivity index (χ3n) is 3.27. The number of rotatable bonds is 5. The van der Waals surface area contributed by atoms with Gasteiger partial charge in [0.05, 0.1) is 0 Å². The van der Waals surface area contributed by atoms with Gasteiger partial charge in [0.1, 0.15) is 11.9 Å². The summed E-state index contributed by atoms with van der Waals surface area (Å²) in [7, 11) is 0. The highest BCUT2D eigenvalue weighted by Crippen LogP contribution is 2.42. The highest BCUT2D eigenvalue weighted by atomic mass is 16.5. The second-order valence-corrected chi connectivity index (χ2v) is 4.60. The van der Waals surface area contributed by atoms with E-state index in [1.165, 1.54) is 12.8 Å². The average molecular weight is 235 g/mol. The van der Waals surface area contributed by atoms with E-state index in [0.29, 0.717) is 18.3 Å². The second-order valence-electron chi connectivity index (χ2n) is 4.60. The summed E-state index contributed by atoms with van der Waals surface area (Å²) in [4.78, 5) is 9.00. The average Bonchev–Trinajstić information content (AvgIpc) is 3.09. The quantitative estimate of drug-likeness (QED) is 0.851. The molecule has 0 amide bonds. The Morgan fingerprint density at radius 1 is 1.35 bits per heavy atom. The van der Waals surface area contributed by atoms with Crippen LogP contribution in [0.2, 0.25) is 0 Å². The molecule has 2 N–H and O–H groups in total. The molecule has 1 aromatic rings. The zero-order valence-corrected chi connectivity index (χ0v) is 10.9. The lowest BCUT2D eigenvalue weighted by molar-refractivity contribution is 0.0400. The summed E-state index contributed by atoms with van der Waals surface area (Å²) in [6.45, 7) is 6.77. The molecule has 0 radical (unpaired) electrons. The molecule has 1 saturated carbocycles. The van der Waals surface area contributed by atoms with Crippen molar-refractivity contribution in [3.63, 3.8) is 0 Å². The van der Waals surface area contributed by atoms with Crippen molar-refractivity contribution in [2.45, 2.75) is 46.1 Å². The third-order valence-corrected chi connectivity index (χ3v) is 3.27. The molecule has 2 rings (SSSR count). The van der Waals surface area contributed by atoms with Crippen molar-refractivity contribution in [2.75, 3.05) is 12.3 Å². The number of ether oxygens (including phenoxy) is 1. The third kappa shape index (κ3) is 2.57. The molecule has 0 saturated heterocycles. The smallest absolute Gasteiger partial charge is 0.160 e. The number of aryl methyl sites for hydroxylation is 1. The van der Waals surface area contributed by atoms with Crippen molar-refractivity contribution in [3.8, 4) is 0 Å². The highest BCUT2D eigenvalue weighted by Gasteiger charge is 2.35. The van der Waals surface area contributed by atoms with Gasteiger partial charge in [-0.25, -0.2) is 9.97 Å². The molecule has 0 aromatic carbocycles. The monoisotopic (exact) mass is 235 g/mol. The summed E-state index contributed by atoms with van der Waals surface area (Å²) in [5.74, 6) is 1.96. The summed E-state index contributed by atoms with van der Waals surface area (Å²) in [6.07, 6.45) is 3.33. The molecule has 1 aromatic heterocycles. The molecule has 1 aliphatic carbocycles. The first-order chi connectivity index (χ1) is 8.17. The summed E-state index contributed by atoms with van der Waals surface area (Å²) in [5.41, 5.74) is 8.02. The number of nitrogens with zero attached hydrogens (tertiary/aromatic N) is 2. The van der Waals surface area contributed by atoms with Crippen LogP contribution >= 0.6 is 0 Å². The van der Waals surface area contributed by atoms with Crippen molar-refractivity contribution in [3.05, 3.63) is 17.1 Å². The van der Waals surface area contributed by atoms with Gasteiger partial charge in [0.2, 0.25) is 0 Å². The maximum atomic E-state index is 5.98. The molecule has 0 bridgehead atoms. The largest absolute Gasteiger partial charge is 0.383 e. The Labute approximate surface area is 103 Å². The van der Waals surface area contributed by atoms with E-state index in [-0.39, 0.29) is 6.10 Å². The van der Waals surface area contributed by atoms with Gasteiger partial charge in [-0.3, -0.25) is 0 Å². The molecule has 94 valence electrons. The van der Waals surface area contributed by atoms with Gasteiger partial charge in [-0.1, -0.05) is 6.92 Å². The molecule has 4 heteroatoms. The summed E-state index contributed by atoms with van der Waals surface area (Å²) in [5, 5.41) is 0. The molecule has 0 spiro atoms. The number of nitrogen functional groups attached to an aromatic ring is 1. The van der Waals surface area contributed by atoms with E-state index in [4.69, 9.17) is 10.5 Å². The second kappa shape index (κ2) is 5.00. The Morgan fingerprint density at radius 2 is 2.06 bits per heavy atom. The van der Waals surface area contributed by atoms with Crippen LogP contribution in [0, 0.1) is 12.8 Å². The molecule has 0 aliphatic heterocycles. The van der Waals surface area contributed by atoms with E-state index in [9.17, 15) is 0 Å². The van der Waals surface area contributed by atoms with E-state index >= 15 is 0 Å². The van der Waals surface area contributed by atoms with E-state index < -0.39 is 0 Å². The van der Waals surface area contributed by atoms with Gasteiger partial charge < -0.3 is 10.5 Å². The minimum absolute atomic E-state index is 0.0342. The molecule has 1 heterocycles. The van der Waals surface area contributed by atoms with Gasteiger partial charge in [-0.15, -0.1) is 0 Å². The van der Waals surface area contributed by atoms with Crippen LogP contribution in [0.1, 0.15) is 49.9 Å². The lowest BCUT2D eigenvalue weighted by atomic mass is 10.1. The Hall–Kier alpha value is -1.16. The van der Waals surface area contributed by atoms with Gasteiger partial charge in [-0.05, 0) is 39.0 Å². The highest BCUT2D eigenvalue weighted by molar-refractivity contribution is 5.42. The SMILES string of the molecule is CCOC(c1nc(C)c(CC)c(N)n1)C1CC1. The van der Waals surface area contributed by atoms with Crippen LogP contribution in [0.3, 0.4) is 0 Å². The molecule has 1 unspecified atom stereocenters. The van der Waals surface area contributed by atoms with Gasteiger partial charge >= 0.3 is 0 Å². The number of hydrogen-bond acceptors (Lipinski definition) is 4. The van der Waals surface area contributed by atoms with Crippen LogP contribution in [0.4, 0.5) is 5.82 Å². The zero-order chi connectivity index (χ0) is 12.4. The number of nitrogens with two attached hydrogens (primary N) is 1. The molecular weight excluding hydrogens is 214 g/mol. The Balaban J connectivity index is 2.30. The minimum atomic E-state index is 0.0342. The fourth-order valence-electron chi connectivity index (χ4n) is 2.20. The first kappa shape index (κ1) is 12.3.